The first-order valence-corrected chi connectivity index (χ1v) is 7.28. The number of carbonyl (C=O) groups is 2. The third-order valence-corrected chi connectivity index (χ3v) is 3.74. The van der Waals surface area contributed by atoms with Crippen LogP contribution in [0.5, 0.6) is 0 Å². The standard InChI is InChI=1S/C15H28N2O2/c1-10(2)7-8-17-13(18)12(9-11(3)4)16-14(19)15(17,5)6/h10-12H,7-9H2,1-6H3,(H,16,19). The normalized spacial score (nSPS) is 23.2. The quantitative estimate of drug-likeness (QED) is 0.831. The molecule has 0 aromatic rings. The summed E-state index contributed by atoms with van der Waals surface area (Å²) in [5.41, 5.74) is -0.737. The van der Waals surface area contributed by atoms with Crippen LogP contribution in [0.3, 0.4) is 0 Å². The maximum Gasteiger partial charge on any atom is 0.246 e. The zero-order chi connectivity index (χ0) is 14.8. The lowest BCUT2D eigenvalue weighted by molar-refractivity contribution is -0.155. The van der Waals surface area contributed by atoms with Crippen molar-refractivity contribution in [3.05, 3.63) is 0 Å². The van der Waals surface area contributed by atoms with E-state index in [0.717, 1.165) is 6.42 Å². The van der Waals surface area contributed by atoms with Gasteiger partial charge < -0.3 is 10.2 Å². The molecule has 0 aromatic carbocycles. The molecule has 1 N–H and O–H groups in total. The Morgan fingerprint density at radius 3 is 2.21 bits per heavy atom. The lowest BCUT2D eigenvalue weighted by atomic mass is 9.91. The van der Waals surface area contributed by atoms with Crippen LogP contribution in [0.4, 0.5) is 0 Å². The molecule has 0 radical (unpaired) electrons. The average Bonchev–Trinajstić information content (AvgIpc) is 2.24. The van der Waals surface area contributed by atoms with Crippen molar-refractivity contribution in [3.63, 3.8) is 0 Å². The molecule has 0 aromatic heterocycles. The molecule has 0 bridgehead atoms. The lowest BCUT2D eigenvalue weighted by Gasteiger charge is -2.45. The van der Waals surface area contributed by atoms with Crippen LogP contribution in [-0.2, 0) is 9.59 Å². The molecule has 1 fully saturated rings. The number of hydrogen-bond acceptors (Lipinski definition) is 2. The molecule has 110 valence electrons. The summed E-state index contributed by atoms with van der Waals surface area (Å²) in [6.07, 6.45) is 1.63. The van der Waals surface area contributed by atoms with Crippen LogP contribution in [-0.4, -0.2) is 34.8 Å². The number of rotatable bonds is 5. The van der Waals surface area contributed by atoms with Gasteiger partial charge in [-0.2, -0.15) is 0 Å². The molecule has 1 heterocycles. The summed E-state index contributed by atoms with van der Waals surface area (Å²) >= 11 is 0. The van der Waals surface area contributed by atoms with E-state index in [4.69, 9.17) is 0 Å². The summed E-state index contributed by atoms with van der Waals surface area (Å²) in [7, 11) is 0. The Balaban J connectivity index is 2.87. The summed E-state index contributed by atoms with van der Waals surface area (Å²) in [5.74, 6) is 0.944. The molecule has 1 aliphatic rings. The first-order chi connectivity index (χ1) is 8.66. The lowest BCUT2D eigenvalue weighted by Crippen LogP contribution is -2.68. The molecule has 1 saturated heterocycles. The van der Waals surface area contributed by atoms with E-state index in [-0.39, 0.29) is 17.9 Å². The average molecular weight is 268 g/mol. The van der Waals surface area contributed by atoms with Gasteiger partial charge in [0.2, 0.25) is 11.8 Å². The van der Waals surface area contributed by atoms with Crippen molar-refractivity contribution < 1.29 is 9.59 Å². The van der Waals surface area contributed by atoms with Gasteiger partial charge >= 0.3 is 0 Å². The van der Waals surface area contributed by atoms with E-state index in [0.29, 0.717) is 24.8 Å². The minimum atomic E-state index is -0.737. The fourth-order valence-corrected chi connectivity index (χ4v) is 2.39. The van der Waals surface area contributed by atoms with Gasteiger partial charge in [-0.3, -0.25) is 9.59 Å². The Labute approximate surface area is 116 Å². The number of piperazine rings is 1. The highest BCUT2D eigenvalue weighted by molar-refractivity contribution is 5.99. The number of nitrogens with one attached hydrogen (secondary N) is 1. The van der Waals surface area contributed by atoms with Crippen molar-refractivity contribution in [2.45, 2.75) is 66.0 Å². The Hall–Kier alpha value is -1.06. The fraction of sp³-hybridized carbons (Fsp3) is 0.867. The number of hydrogen-bond donors (Lipinski definition) is 1. The van der Waals surface area contributed by atoms with Crippen molar-refractivity contribution in [1.29, 1.82) is 0 Å². The molecular weight excluding hydrogens is 240 g/mol. The summed E-state index contributed by atoms with van der Waals surface area (Å²) < 4.78 is 0. The van der Waals surface area contributed by atoms with Crippen LogP contribution in [0.2, 0.25) is 0 Å². The molecule has 4 heteroatoms. The first-order valence-electron chi connectivity index (χ1n) is 7.28. The van der Waals surface area contributed by atoms with Gasteiger partial charge in [-0.25, -0.2) is 0 Å². The van der Waals surface area contributed by atoms with Crippen molar-refractivity contribution in [3.8, 4) is 0 Å². The van der Waals surface area contributed by atoms with Crippen molar-refractivity contribution in [1.82, 2.24) is 10.2 Å². The van der Waals surface area contributed by atoms with Gasteiger partial charge in [0, 0.05) is 6.54 Å². The Bertz CT molecular complexity index is 348. The molecule has 19 heavy (non-hydrogen) atoms. The summed E-state index contributed by atoms with van der Waals surface area (Å²) in [6.45, 7) is 12.7. The van der Waals surface area contributed by atoms with Crippen molar-refractivity contribution in [2.24, 2.45) is 11.8 Å². The second-order valence-corrected chi connectivity index (χ2v) is 6.89. The third kappa shape index (κ3) is 3.71. The predicted molar refractivity (Wildman–Crippen MR) is 76.6 cm³/mol. The van der Waals surface area contributed by atoms with Gasteiger partial charge in [0.05, 0.1) is 0 Å². The third-order valence-electron chi connectivity index (χ3n) is 3.74. The van der Waals surface area contributed by atoms with E-state index < -0.39 is 5.54 Å². The molecular formula is C15H28N2O2. The minimum absolute atomic E-state index is 0.0403. The Morgan fingerprint density at radius 2 is 1.74 bits per heavy atom. The van der Waals surface area contributed by atoms with Gasteiger partial charge in [0.15, 0.2) is 0 Å². The van der Waals surface area contributed by atoms with E-state index in [2.05, 4.69) is 33.0 Å². The highest BCUT2D eigenvalue weighted by Crippen LogP contribution is 2.24. The molecule has 0 spiro atoms. The van der Waals surface area contributed by atoms with Crippen LogP contribution >= 0.6 is 0 Å². The van der Waals surface area contributed by atoms with Crippen LogP contribution in [0, 0.1) is 11.8 Å². The second kappa shape index (κ2) is 5.93. The van der Waals surface area contributed by atoms with Gasteiger partial charge in [-0.1, -0.05) is 27.7 Å². The molecule has 4 nitrogen and oxygen atoms in total. The maximum absolute atomic E-state index is 12.5. The van der Waals surface area contributed by atoms with Crippen LogP contribution in [0.1, 0.15) is 54.4 Å². The van der Waals surface area contributed by atoms with Crippen LogP contribution in [0.25, 0.3) is 0 Å². The molecule has 2 amide bonds. The van der Waals surface area contributed by atoms with E-state index in [1.165, 1.54) is 0 Å². The smallest absolute Gasteiger partial charge is 0.246 e. The molecule has 1 rings (SSSR count). The largest absolute Gasteiger partial charge is 0.342 e. The Kier molecular flexibility index (Phi) is 4.99. The number of carbonyl (C=O) groups excluding carboxylic acids is 2. The molecule has 0 aliphatic carbocycles. The van der Waals surface area contributed by atoms with Gasteiger partial charge in [0.25, 0.3) is 0 Å². The van der Waals surface area contributed by atoms with Crippen molar-refractivity contribution >= 4 is 11.8 Å². The zero-order valence-corrected chi connectivity index (χ0v) is 13.1. The molecule has 1 atom stereocenters. The van der Waals surface area contributed by atoms with E-state index in [9.17, 15) is 9.59 Å². The zero-order valence-electron chi connectivity index (χ0n) is 13.1. The second-order valence-electron chi connectivity index (χ2n) is 6.89. The van der Waals surface area contributed by atoms with E-state index in [1.54, 1.807) is 4.90 Å². The van der Waals surface area contributed by atoms with Gasteiger partial charge in [0.1, 0.15) is 11.6 Å². The SMILES string of the molecule is CC(C)CCN1C(=O)C(CC(C)C)NC(=O)C1(C)C. The minimum Gasteiger partial charge on any atom is -0.342 e. The number of amides is 2. The summed E-state index contributed by atoms with van der Waals surface area (Å²) in [6, 6.07) is -0.354. The monoisotopic (exact) mass is 268 g/mol. The van der Waals surface area contributed by atoms with Gasteiger partial charge in [-0.05, 0) is 38.5 Å². The van der Waals surface area contributed by atoms with E-state index >= 15 is 0 Å². The summed E-state index contributed by atoms with van der Waals surface area (Å²) in [5, 5.41) is 2.88. The highest BCUT2D eigenvalue weighted by Gasteiger charge is 2.45. The molecule has 1 unspecified atom stereocenters. The van der Waals surface area contributed by atoms with Gasteiger partial charge in [-0.15, -0.1) is 0 Å². The fourth-order valence-electron chi connectivity index (χ4n) is 2.39. The van der Waals surface area contributed by atoms with Crippen molar-refractivity contribution in [2.75, 3.05) is 6.54 Å². The molecule has 0 saturated carbocycles. The predicted octanol–water partition coefficient (Wildman–Crippen LogP) is 2.18. The summed E-state index contributed by atoms with van der Waals surface area (Å²) in [4.78, 5) is 26.5. The van der Waals surface area contributed by atoms with Crippen LogP contribution in [0.15, 0.2) is 0 Å². The topological polar surface area (TPSA) is 49.4 Å². The van der Waals surface area contributed by atoms with Crippen LogP contribution < -0.4 is 5.32 Å². The Morgan fingerprint density at radius 1 is 1.16 bits per heavy atom. The highest BCUT2D eigenvalue weighted by atomic mass is 16.2. The molecule has 1 aliphatic heterocycles. The number of nitrogens with zero attached hydrogens (tertiary/aromatic N) is 1. The van der Waals surface area contributed by atoms with E-state index in [1.807, 2.05) is 13.8 Å². The maximum atomic E-state index is 12.5. The first kappa shape index (κ1) is 16.0.